The molecule has 3 aromatic heterocycles. The molecule has 0 saturated heterocycles. The van der Waals surface area contributed by atoms with Crippen molar-refractivity contribution in [2.24, 2.45) is 0 Å². The van der Waals surface area contributed by atoms with Gasteiger partial charge in [0.15, 0.2) is 0 Å². The zero-order valence-corrected chi connectivity index (χ0v) is 28.3. The normalized spacial score (nSPS) is 12.6. The molecule has 12 rings (SSSR count). The number of fused-ring (bicyclic) bond motifs is 12. The van der Waals surface area contributed by atoms with Crippen LogP contribution in [0.1, 0.15) is 11.1 Å². The number of nitrogens with zero attached hydrogens (tertiary/aromatic N) is 2. The third-order valence-electron chi connectivity index (χ3n) is 11.2. The topological polar surface area (TPSA) is 17.8 Å². The van der Waals surface area contributed by atoms with Crippen LogP contribution in [0, 0.1) is 0 Å². The molecule has 0 radical (unpaired) electrons. The fourth-order valence-electron chi connectivity index (χ4n) is 8.63. The van der Waals surface area contributed by atoms with Crippen LogP contribution in [0.5, 0.6) is 0 Å². The summed E-state index contributed by atoms with van der Waals surface area (Å²) in [7, 11) is 0. The number of pyridine rings is 1. The van der Waals surface area contributed by atoms with Gasteiger partial charge in [-0.1, -0.05) is 72.8 Å². The standard InChI is InChI=1S/C48H28N2S/c1-2-7-37(8-3-1)50-45-15-11-31-22-40(45)41-25-35(12-16-46(41)50)44-26-39-36(27-49-44)20-34-10-9-30(21-38(34)39)33-14-18-48-43(24-33)42-23-32(13-17-47(42)51-48)29-6-4-5-28(31)19-29/h1-19,21-27H,20H2. The van der Waals surface area contributed by atoms with E-state index in [9.17, 15) is 0 Å². The quantitative estimate of drug-likeness (QED) is 0.171. The molecular weight excluding hydrogens is 637 g/mol. The molecule has 0 unspecified atom stereocenters. The minimum Gasteiger partial charge on any atom is -0.309 e. The molecule has 0 spiro atoms. The fourth-order valence-corrected chi connectivity index (χ4v) is 9.70. The van der Waals surface area contributed by atoms with Crippen molar-refractivity contribution in [2.75, 3.05) is 0 Å². The Morgan fingerprint density at radius 3 is 1.67 bits per heavy atom. The van der Waals surface area contributed by atoms with E-state index in [0.717, 1.165) is 23.0 Å². The van der Waals surface area contributed by atoms with Gasteiger partial charge in [-0.3, -0.25) is 4.98 Å². The molecule has 2 nitrogen and oxygen atoms in total. The first-order chi connectivity index (χ1) is 25.2. The fraction of sp³-hybridized carbons (Fsp3) is 0.0208. The Balaban J connectivity index is 1.28. The molecule has 3 heteroatoms. The highest BCUT2D eigenvalue weighted by atomic mass is 32.1. The van der Waals surface area contributed by atoms with Crippen molar-refractivity contribution in [3.8, 4) is 5.69 Å². The maximum atomic E-state index is 5.06. The van der Waals surface area contributed by atoms with E-state index in [4.69, 9.17) is 4.98 Å². The summed E-state index contributed by atoms with van der Waals surface area (Å²) in [5.41, 5.74) is 7.22. The maximum Gasteiger partial charge on any atom is 0.0708 e. The van der Waals surface area contributed by atoms with Crippen molar-refractivity contribution in [2.45, 2.75) is 6.42 Å². The lowest BCUT2D eigenvalue weighted by atomic mass is 10.0. The van der Waals surface area contributed by atoms with Crippen LogP contribution in [-0.4, -0.2) is 9.55 Å². The Morgan fingerprint density at radius 1 is 0.412 bits per heavy atom. The third-order valence-corrected chi connectivity index (χ3v) is 12.3. The summed E-state index contributed by atoms with van der Waals surface area (Å²) < 4.78 is 5.04. The summed E-state index contributed by atoms with van der Waals surface area (Å²) in [6, 6.07) is 56.9. The molecule has 0 aliphatic heterocycles. The van der Waals surface area contributed by atoms with Crippen molar-refractivity contribution in [3.05, 3.63) is 169 Å². The molecule has 8 aromatic carbocycles. The molecule has 0 fully saturated rings. The third kappa shape index (κ3) is 4.01. The average molecular weight is 665 g/mol. The van der Waals surface area contributed by atoms with Crippen molar-refractivity contribution in [1.29, 1.82) is 0 Å². The second-order valence-electron chi connectivity index (χ2n) is 14.0. The van der Waals surface area contributed by atoms with Crippen molar-refractivity contribution < 1.29 is 0 Å². The minimum absolute atomic E-state index is 0.918. The largest absolute Gasteiger partial charge is 0.309 e. The van der Waals surface area contributed by atoms with E-state index in [1.807, 2.05) is 11.3 Å². The summed E-state index contributed by atoms with van der Waals surface area (Å²) >= 11 is 1.88. The first kappa shape index (κ1) is 27.5. The van der Waals surface area contributed by atoms with Crippen LogP contribution in [-0.2, 0) is 6.42 Å². The van der Waals surface area contributed by atoms with Gasteiger partial charge in [0.2, 0.25) is 0 Å². The Hall–Kier alpha value is -6.29. The SMILES string of the molecule is c1ccc(-n2c3ccc4cc3c3cc(ccc32)c2cc3c(cn2)Cc2ccc(cc23)c2ccc3sc5ccc(cc5c3c2)c2cccc4c2)cc1. The molecular formula is C48H28N2S. The molecule has 0 amide bonds. The van der Waals surface area contributed by atoms with Gasteiger partial charge in [0.05, 0.1) is 16.6 Å². The molecule has 11 aromatic rings. The highest BCUT2D eigenvalue weighted by Gasteiger charge is 2.16. The summed E-state index contributed by atoms with van der Waals surface area (Å²) in [6.45, 7) is 0. The van der Waals surface area contributed by atoms with E-state index in [1.54, 1.807) is 0 Å². The van der Waals surface area contributed by atoms with E-state index >= 15 is 0 Å². The van der Waals surface area contributed by atoms with Gasteiger partial charge in [0, 0.05) is 54.6 Å². The molecule has 0 saturated carbocycles. The van der Waals surface area contributed by atoms with Crippen LogP contribution in [0.4, 0.5) is 0 Å². The number of benzene rings is 7. The number of aromatic nitrogens is 2. The zero-order valence-electron chi connectivity index (χ0n) is 27.5. The van der Waals surface area contributed by atoms with Crippen LogP contribution < -0.4 is 0 Å². The van der Waals surface area contributed by atoms with Crippen molar-refractivity contribution in [1.82, 2.24) is 9.55 Å². The predicted molar refractivity (Wildman–Crippen MR) is 219 cm³/mol. The average Bonchev–Trinajstić information content (AvgIpc) is 3.85. The van der Waals surface area contributed by atoms with E-state index in [-0.39, 0.29) is 0 Å². The second-order valence-corrected chi connectivity index (χ2v) is 15.1. The number of rotatable bonds is 1. The van der Waals surface area contributed by atoms with Gasteiger partial charge in [-0.15, -0.1) is 11.3 Å². The summed E-state index contributed by atoms with van der Waals surface area (Å²) in [4.78, 5) is 5.06. The van der Waals surface area contributed by atoms with Gasteiger partial charge < -0.3 is 4.57 Å². The molecule has 14 bridgehead atoms. The van der Waals surface area contributed by atoms with Crippen LogP contribution in [0.2, 0.25) is 0 Å². The molecule has 1 aliphatic carbocycles. The number of para-hydroxylation sites is 1. The predicted octanol–water partition coefficient (Wildman–Crippen LogP) is 13.3. The summed E-state index contributed by atoms with van der Waals surface area (Å²) in [5, 5.41) is 16.2. The monoisotopic (exact) mass is 664 g/mol. The lowest BCUT2D eigenvalue weighted by Gasteiger charge is -2.07. The number of hydrogen-bond acceptors (Lipinski definition) is 2. The Kier molecular flexibility index (Phi) is 5.47. The Bertz CT molecular complexity index is 3390. The smallest absolute Gasteiger partial charge is 0.0708 e. The summed E-state index contributed by atoms with van der Waals surface area (Å²) in [5.74, 6) is 0. The van der Waals surface area contributed by atoms with E-state index in [0.29, 0.717) is 0 Å². The Morgan fingerprint density at radius 2 is 0.961 bits per heavy atom. The number of thiophene rings is 1. The van der Waals surface area contributed by atoms with Crippen molar-refractivity contribution in [3.63, 3.8) is 0 Å². The van der Waals surface area contributed by atoms with Gasteiger partial charge in [-0.2, -0.15) is 0 Å². The lowest BCUT2D eigenvalue weighted by molar-refractivity contribution is 1.18. The van der Waals surface area contributed by atoms with Gasteiger partial charge >= 0.3 is 0 Å². The molecule has 51 heavy (non-hydrogen) atoms. The highest BCUT2D eigenvalue weighted by molar-refractivity contribution is 7.25. The van der Waals surface area contributed by atoms with E-state index in [1.165, 1.54) is 96.2 Å². The highest BCUT2D eigenvalue weighted by Crippen LogP contribution is 2.39. The Labute approximate surface area is 296 Å². The maximum absolute atomic E-state index is 5.06. The molecule has 0 atom stereocenters. The number of hydrogen-bond donors (Lipinski definition) is 0. The minimum atomic E-state index is 0.918. The van der Waals surface area contributed by atoms with E-state index < -0.39 is 0 Å². The summed E-state index contributed by atoms with van der Waals surface area (Å²) in [6.07, 6.45) is 3.02. The van der Waals surface area contributed by atoms with Gasteiger partial charge in [-0.05, 0) is 133 Å². The first-order valence-corrected chi connectivity index (χ1v) is 18.4. The van der Waals surface area contributed by atoms with Gasteiger partial charge in [-0.25, -0.2) is 0 Å². The first-order valence-electron chi connectivity index (χ1n) is 17.6. The lowest BCUT2D eigenvalue weighted by Crippen LogP contribution is -1.92. The molecule has 236 valence electrons. The molecule has 3 heterocycles. The van der Waals surface area contributed by atoms with Crippen LogP contribution in [0.15, 0.2) is 158 Å². The zero-order chi connectivity index (χ0) is 33.2. The molecule has 0 N–H and O–H groups in total. The van der Waals surface area contributed by atoms with E-state index in [2.05, 4.69) is 162 Å². The van der Waals surface area contributed by atoms with Crippen LogP contribution in [0.3, 0.4) is 0 Å². The van der Waals surface area contributed by atoms with Crippen LogP contribution >= 0.6 is 11.3 Å². The van der Waals surface area contributed by atoms with Crippen LogP contribution in [0.25, 0.3) is 102 Å². The molecule has 1 aliphatic rings. The second kappa shape index (κ2) is 10.1. The van der Waals surface area contributed by atoms with Crippen molar-refractivity contribution >= 4 is 107 Å². The van der Waals surface area contributed by atoms with Gasteiger partial charge in [0.25, 0.3) is 0 Å². The van der Waals surface area contributed by atoms with Gasteiger partial charge in [0.1, 0.15) is 0 Å².